The van der Waals surface area contributed by atoms with E-state index in [9.17, 15) is 0 Å². The van der Waals surface area contributed by atoms with Crippen LogP contribution in [-0.4, -0.2) is 38.1 Å². The molecule has 1 aromatic rings. The standard InChI is InChI=1S/C16H22O4/c1-10-11(2)19-13-9-18-16(12-7-5-4-6-8-12)20-15(13)14(10)17-3/h4-8,10-11,13-16H,9H2,1-3H3/t10?,11-,13?,14+,15+,16?/m0/s1. The fourth-order valence-corrected chi connectivity index (χ4v) is 3.05. The van der Waals surface area contributed by atoms with E-state index in [2.05, 4.69) is 13.8 Å². The zero-order chi connectivity index (χ0) is 14.1. The van der Waals surface area contributed by atoms with Crippen LogP contribution in [0, 0.1) is 5.92 Å². The molecule has 0 aliphatic carbocycles. The Kier molecular flexibility index (Phi) is 4.08. The quantitative estimate of drug-likeness (QED) is 0.833. The van der Waals surface area contributed by atoms with Crippen molar-refractivity contribution >= 4 is 0 Å². The van der Waals surface area contributed by atoms with Gasteiger partial charge in [-0.2, -0.15) is 0 Å². The predicted molar refractivity (Wildman–Crippen MR) is 74.3 cm³/mol. The van der Waals surface area contributed by atoms with Crippen molar-refractivity contribution in [1.29, 1.82) is 0 Å². The van der Waals surface area contributed by atoms with Crippen LogP contribution in [-0.2, 0) is 18.9 Å². The highest BCUT2D eigenvalue weighted by molar-refractivity contribution is 5.16. The van der Waals surface area contributed by atoms with Gasteiger partial charge in [0, 0.05) is 18.6 Å². The number of rotatable bonds is 2. The molecule has 1 aromatic carbocycles. The summed E-state index contributed by atoms with van der Waals surface area (Å²) in [5.41, 5.74) is 1.03. The molecule has 2 fully saturated rings. The lowest BCUT2D eigenvalue weighted by molar-refractivity contribution is -0.321. The SMILES string of the molecule is CO[C@@H]1C(C)[C@H](C)OC2COC(c3ccccc3)O[C@H]21. The zero-order valence-electron chi connectivity index (χ0n) is 12.2. The van der Waals surface area contributed by atoms with E-state index in [0.29, 0.717) is 12.5 Å². The summed E-state index contributed by atoms with van der Waals surface area (Å²) in [7, 11) is 1.74. The van der Waals surface area contributed by atoms with E-state index < -0.39 is 0 Å². The molecule has 6 atom stereocenters. The summed E-state index contributed by atoms with van der Waals surface area (Å²) >= 11 is 0. The maximum atomic E-state index is 6.13. The molecule has 20 heavy (non-hydrogen) atoms. The van der Waals surface area contributed by atoms with Crippen molar-refractivity contribution in [3.05, 3.63) is 35.9 Å². The molecule has 110 valence electrons. The van der Waals surface area contributed by atoms with Gasteiger partial charge in [-0.3, -0.25) is 0 Å². The molecule has 0 amide bonds. The van der Waals surface area contributed by atoms with E-state index in [1.165, 1.54) is 0 Å². The van der Waals surface area contributed by atoms with Gasteiger partial charge in [0.1, 0.15) is 12.2 Å². The van der Waals surface area contributed by atoms with Crippen molar-refractivity contribution in [1.82, 2.24) is 0 Å². The molecule has 0 bridgehead atoms. The second-order valence-corrected chi connectivity index (χ2v) is 5.62. The molecule has 0 aromatic heterocycles. The Hall–Kier alpha value is -0.940. The van der Waals surface area contributed by atoms with Crippen molar-refractivity contribution in [2.24, 2.45) is 5.92 Å². The Bertz CT molecular complexity index is 435. The molecule has 4 nitrogen and oxygen atoms in total. The first-order valence-corrected chi connectivity index (χ1v) is 7.21. The number of methoxy groups -OCH3 is 1. The topological polar surface area (TPSA) is 36.9 Å². The molecule has 4 heteroatoms. The smallest absolute Gasteiger partial charge is 0.184 e. The second kappa shape index (κ2) is 5.82. The normalized spacial score (nSPS) is 41.1. The Labute approximate surface area is 120 Å². The van der Waals surface area contributed by atoms with Crippen LogP contribution in [0.25, 0.3) is 0 Å². The lowest BCUT2D eigenvalue weighted by Gasteiger charge is -2.47. The van der Waals surface area contributed by atoms with E-state index in [-0.39, 0.29) is 30.7 Å². The van der Waals surface area contributed by atoms with Gasteiger partial charge in [0.05, 0.1) is 18.8 Å². The Morgan fingerprint density at radius 1 is 1.10 bits per heavy atom. The molecule has 0 N–H and O–H groups in total. The van der Waals surface area contributed by atoms with E-state index in [4.69, 9.17) is 18.9 Å². The highest BCUT2D eigenvalue weighted by atomic mass is 16.7. The third-order valence-corrected chi connectivity index (χ3v) is 4.37. The maximum Gasteiger partial charge on any atom is 0.184 e. The summed E-state index contributed by atoms with van der Waals surface area (Å²) in [5, 5.41) is 0. The predicted octanol–water partition coefficient (Wildman–Crippen LogP) is 2.54. The van der Waals surface area contributed by atoms with E-state index in [0.717, 1.165) is 5.56 Å². The molecule has 0 spiro atoms. The monoisotopic (exact) mass is 278 g/mol. The summed E-state index contributed by atoms with van der Waals surface area (Å²) in [6.07, 6.45) is -0.267. The van der Waals surface area contributed by atoms with Gasteiger partial charge in [-0.1, -0.05) is 37.3 Å². The summed E-state index contributed by atoms with van der Waals surface area (Å²) in [5.74, 6) is 0.302. The van der Waals surface area contributed by atoms with Crippen LogP contribution in [0.3, 0.4) is 0 Å². The second-order valence-electron chi connectivity index (χ2n) is 5.62. The van der Waals surface area contributed by atoms with Gasteiger partial charge in [0.15, 0.2) is 6.29 Å². The van der Waals surface area contributed by atoms with Gasteiger partial charge in [0.25, 0.3) is 0 Å². The van der Waals surface area contributed by atoms with Crippen molar-refractivity contribution in [3.63, 3.8) is 0 Å². The van der Waals surface area contributed by atoms with Crippen molar-refractivity contribution in [2.45, 2.75) is 44.6 Å². The van der Waals surface area contributed by atoms with E-state index in [1.54, 1.807) is 7.11 Å². The third-order valence-electron chi connectivity index (χ3n) is 4.37. The van der Waals surface area contributed by atoms with Gasteiger partial charge in [-0.25, -0.2) is 0 Å². The summed E-state index contributed by atoms with van der Waals surface area (Å²) in [6.45, 7) is 4.77. The van der Waals surface area contributed by atoms with Crippen LogP contribution >= 0.6 is 0 Å². The lowest BCUT2D eigenvalue weighted by atomic mass is 9.88. The molecule has 3 rings (SSSR count). The number of hydrogen-bond donors (Lipinski definition) is 0. The first-order valence-electron chi connectivity index (χ1n) is 7.21. The number of fused-ring (bicyclic) bond motifs is 1. The first kappa shape index (κ1) is 14.0. The molecule has 2 saturated heterocycles. The Morgan fingerprint density at radius 3 is 2.55 bits per heavy atom. The minimum Gasteiger partial charge on any atom is -0.378 e. The Morgan fingerprint density at radius 2 is 1.85 bits per heavy atom. The highest BCUT2D eigenvalue weighted by Crippen LogP contribution is 2.36. The minimum atomic E-state index is -0.334. The molecule has 2 heterocycles. The average molecular weight is 278 g/mol. The van der Waals surface area contributed by atoms with E-state index in [1.807, 2.05) is 30.3 Å². The molecule has 0 radical (unpaired) electrons. The summed E-state index contributed by atoms with van der Waals surface area (Å²) in [6, 6.07) is 10.00. The largest absolute Gasteiger partial charge is 0.378 e. The van der Waals surface area contributed by atoms with Gasteiger partial charge in [0.2, 0.25) is 0 Å². The fraction of sp³-hybridized carbons (Fsp3) is 0.625. The first-order chi connectivity index (χ1) is 9.70. The number of hydrogen-bond acceptors (Lipinski definition) is 4. The van der Waals surface area contributed by atoms with Crippen molar-refractivity contribution < 1.29 is 18.9 Å². The van der Waals surface area contributed by atoms with Gasteiger partial charge in [-0.15, -0.1) is 0 Å². The molecule has 2 aliphatic rings. The maximum absolute atomic E-state index is 6.13. The lowest BCUT2D eigenvalue weighted by Crippen LogP contribution is -2.58. The van der Waals surface area contributed by atoms with Gasteiger partial charge in [-0.05, 0) is 6.92 Å². The van der Waals surface area contributed by atoms with E-state index >= 15 is 0 Å². The van der Waals surface area contributed by atoms with Crippen molar-refractivity contribution in [3.8, 4) is 0 Å². The van der Waals surface area contributed by atoms with Crippen LogP contribution in [0.5, 0.6) is 0 Å². The van der Waals surface area contributed by atoms with Gasteiger partial charge >= 0.3 is 0 Å². The number of benzene rings is 1. The van der Waals surface area contributed by atoms with Gasteiger partial charge < -0.3 is 18.9 Å². The minimum absolute atomic E-state index is 0.0406. The van der Waals surface area contributed by atoms with Crippen LogP contribution < -0.4 is 0 Å². The highest BCUT2D eigenvalue weighted by Gasteiger charge is 2.47. The average Bonchev–Trinajstić information content (AvgIpc) is 2.49. The van der Waals surface area contributed by atoms with Crippen molar-refractivity contribution in [2.75, 3.05) is 13.7 Å². The summed E-state index contributed by atoms with van der Waals surface area (Å²) in [4.78, 5) is 0. The summed E-state index contributed by atoms with van der Waals surface area (Å²) < 4.78 is 23.6. The molecular weight excluding hydrogens is 256 g/mol. The zero-order valence-corrected chi connectivity index (χ0v) is 12.2. The van der Waals surface area contributed by atoms with Crippen LogP contribution in [0.15, 0.2) is 30.3 Å². The molecular formula is C16H22O4. The number of ether oxygens (including phenoxy) is 4. The molecule has 2 aliphatic heterocycles. The van der Waals surface area contributed by atoms with Crippen LogP contribution in [0.4, 0.5) is 0 Å². The third kappa shape index (κ3) is 2.49. The van der Waals surface area contributed by atoms with Crippen LogP contribution in [0.1, 0.15) is 25.7 Å². The molecule has 0 saturated carbocycles. The Balaban J connectivity index is 1.78. The van der Waals surface area contributed by atoms with Crippen LogP contribution in [0.2, 0.25) is 0 Å². The molecule has 3 unspecified atom stereocenters. The fourth-order valence-electron chi connectivity index (χ4n) is 3.05.